The Bertz CT molecular complexity index is 803. The summed E-state index contributed by atoms with van der Waals surface area (Å²) < 4.78 is 23.3. The number of Topliss-reactive ketones (excluding diaryl/α,β-unsaturated/α-hetero) is 1. The van der Waals surface area contributed by atoms with E-state index in [0.29, 0.717) is 12.2 Å². The molecule has 3 aliphatic carbocycles. The van der Waals surface area contributed by atoms with E-state index < -0.39 is 28.6 Å². The average molecular weight is 406 g/mol. The van der Waals surface area contributed by atoms with E-state index >= 15 is 0 Å². The van der Waals surface area contributed by atoms with Crippen molar-refractivity contribution in [1.82, 2.24) is 0 Å². The first-order valence-electron chi connectivity index (χ1n) is 10.5. The molecule has 7 heteroatoms. The highest BCUT2D eigenvalue weighted by Gasteiger charge is 2.77. The third-order valence-electron chi connectivity index (χ3n) is 9.04. The topological polar surface area (TPSA) is 91.3 Å². The van der Waals surface area contributed by atoms with Crippen molar-refractivity contribution in [2.45, 2.75) is 64.4 Å². The van der Waals surface area contributed by atoms with Gasteiger partial charge in [-0.1, -0.05) is 20.8 Å². The van der Waals surface area contributed by atoms with Crippen LogP contribution in [0, 0.1) is 34.5 Å². The number of hydrogen-bond donors (Lipinski definition) is 1. The van der Waals surface area contributed by atoms with Crippen molar-refractivity contribution in [3.8, 4) is 0 Å². The van der Waals surface area contributed by atoms with Crippen LogP contribution in [-0.4, -0.2) is 54.7 Å². The van der Waals surface area contributed by atoms with Crippen molar-refractivity contribution < 1.29 is 33.6 Å². The Hall–Kier alpha value is -1.44. The van der Waals surface area contributed by atoms with Crippen molar-refractivity contribution in [3.63, 3.8) is 0 Å². The van der Waals surface area contributed by atoms with Crippen LogP contribution >= 0.6 is 0 Å². The molecule has 2 aliphatic heterocycles. The molecular weight excluding hydrogens is 376 g/mol. The Morgan fingerprint density at radius 1 is 1.21 bits per heavy atom. The second-order valence-electron chi connectivity index (χ2n) is 10.2. The summed E-state index contributed by atoms with van der Waals surface area (Å²) >= 11 is 0. The molecule has 0 aromatic heterocycles. The van der Waals surface area contributed by atoms with Crippen LogP contribution in [-0.2, 0) is 28.5 Å². The van der Waals surface area contributed by atoms with E-state index in [1.165, 1.54) is 7.11 Å². The van der Waals surface area contributed by atoms with E-state index in [1.54, 1.807) is 6.92 Å². The van der Waals surface area contributed by atoms with E-state index in [0.717, 1.165) is 0 Å². The lowest BCUT2D eigenvalue weighted by molar-refractivity contribution is -0.293. The number of carbonyl (C=O) groups excluding carboxylic acids is 2. The molecule has 1 N–H and O–H groups in total. The summed E-state index contributed by atoms with van der Waals surface area (Å²) in [6.07, 6.45) is 1.17. The van der Waals surface area contributed by atoms with Gasteiger partial charge in [0.15, 0.2) is 5.76 Å². The summed E-state index contributed by atoms with van der Waals surface area (Å²) in [7, 11) is 1.53. The number of ether oxygens (including phenoxy) is 4. The zero-order valence-corrected chi connectivity index (χ0v) is 17.6. The number of ketones is 1. The van der Waals surface area contributed by atoms with E-state index in [1.807, 2.05) is 13.0 Å². The van der Waals surface area contributed by atoms with Gasteiger partial charge >= 0.3 is 5.97 Å². The maximum absolute atomic E-state index is 13.7. The molecule has 0 radical (unpaired) electrons. The van der Waals surface area contributed by atoms with E-state index in [-0.39, 0.29) is 54.7 Å². The minimum absolute atomic E-state index is 0.0172. The Kier molecular flexibility index (Phi) is 3.92. The summed E-state index contributed by atoms with van der Waals surface area (Å²) in [4.78, 5) is 26.2. The average Bonchev–Trinajstić information content (AvgIpc) is 3.13. The number of allylic oxidation sites excluding steroid dienone is 2. The molecule has 160 valence electrons. The Morgan fingerprint density at radius 2 is 1.93 bits per heavy atom. The fraction of sp³-hybridized carbons (Fsp3) is 0.818. The molecule has 2 saturated heterocycles. The molecule has 0 bridgehead atoms. The molecule has 0 amide bonds. The highest BCUT2D eigenvalue weighted by molar-refractivity contribution is 5.99. The smallest absolute Gasteiger partial charge is 0.306 e. The maximum Gasteiger partial charge on any atom is 0.306 e. The monoisotopic (exact) mass is 406 g/mol. The largest absolute Gasteiger partial charge is 0.493 e. The molecule has 5 aliphatic rings. The highest BCUT2D eigenvalue weighted by Crippen LogP contribution is 2.69. The summed E-state index contributed by atoms with van der Waals surface area (Å²) in [6.45, 7) is 7.97. The molecule has 0 aromatic rings. The molecular formula is C22H30O7. The van der Waals surface area contributed by atoms with Gasteiger partial charge in [-0.05, 0) is 31.3 Å². The fourth-order valence-electron chi connectivity index (χ4n) is 7.82. The molecule has 4 fully saturated rings. The molecule has 7 nitrogen and oxygen atoms in total. The van der Waals surface area contributed by atoms with Gasteiger partial charge in [0, 0.05) is 22.7 Å². The van der Waals surface area contributed by atoms with Crippen LogP contribution in [0.25, 0.3) is 0 Å². The molecule has 1 unspecified atom stereocenters. The predicted molar refractivity (Wildman–Crippen MR) is 100 cm³/mol. The first kappa shape index (κ1) is 19.5. The summed E-state index contributed by atoms with van der Waals surface area (Å²) in [5.41, 5.74) is -2.63. The number of fused-ring (bicyclic) bond motifs is 4. The van der Waals surface area contributed by atoms with Crippen molar-refractivity contribution >= 4 is 11.8 Å². The molecule has 10 atom stereocenters. The SMILES string of the molecule is COC1=C[C@@H](C)[C@@H]2C[C@H]3OC(=O)CC4[C@@]3(C)[C@H]([C@@H]3OCO[C@H]3[C@@]4(C)O)[C@@]2(C)C1=O. The normalized spacial score (nSPS) is 55.9. The van der Waals surface area contributed by atoms with Crippen LogP contribution in [0.15, 0.2) is 11.8 Å². The molecule has 0 spiro atoms. The van der Waals surface area contributed by atoms with Crippen LogP contribution in [0.5, 0.6) is 0 Å². The summed E-state index contributed by atoms with van der Waals surface area (Å²) in [5.74, 6) is -0.517. The quantitative estimate of drug-likeness (QED) is 0.664. The van der Waals surface area contributed by atoms with Gasteiger partial charge in [-0.15, -0.1) is 0 Å². The number of carbonyl (C=O) groups is 2. The van der Waals surface area contributed by atoms with Gasteiger partial charge in [-0.25, -0.2) is 0 Å². The lowest BCUT2D eigenvalue weighted by Gasteiger charge is -2.69. The zero-order valence-electron chi connectivity index (χ0n) is 17.6. The van der Waals surface area contributed by atoms with Gasteiger partial charge in [0.2, 0.25) is 5.78 Å². The van der Waals surface area contributed by atoms with Crippen LogP contribution < -0.4 is 0 Å². The van der Waals surface area contributed by atoms with Crippen LogP contribution in [0.1, 0.15) is 40.5 Å². The maximum atomic E-state index is 13.7. The molecule has 29 heavy (non-hydrogen) atoms. The molecule has 0 aromatic carbocycles. The van der Waals surface area contributed by atoms with E-state index in [9.17, 15) is 14.7 Å². The predicted octanol–water partition coefficient (Wildman–Crippen LogP) is 1.82. The Labute approximate surface area is 170 Å². The molecule has 5 rings (SSSR count). The lowest BCUT2D eigenvalue weighted by Crippen LogP contribution is -2.77. The third kappa shape index (κ3) is 2.14. The van der Waals surface area contributed by atoms with Crippen molar-refractivity contribution in [3.05, 3.63) is 11.8 Å². The van der Waals surface area contributed by atoms with Crippen molar-refractivity contribution in [2.75, 3.05) is 13.9 Å². The summed E-state index contributed by atoms with van der Waals surface area (Å²) in [6, 6.07) is 0. The van der Waals surface area contributed by atoms with E-state index in [2.05, 4.69) is 13.8 Å². The van der Waals surface area contributed by atoms with Crippen LogP contribution in [0.4, 0.5) is 0 Å². The third-order valence-corrected chi connectivity index (χ3v) is 9.04. The number of rotatable bonds is 1. The van der Waals surface area contributed by atoms with Crippen molar-refractivity contribution in [1.29, 1.82) is 0 Å². The van der Waals surface area contributed by atoms with Gasteiger partial charge < -0.3 is 24.1 Å². The van der Waals surface area contributed by atoms with Gasteiger partial charge in [0.25, 0.3) is 0 Å². The lowest BCUT2D eigenvalue weighted by atomic mass is 9.37. The van der Waals surface area contributed by atoms with Gasteiger partial charge in [-0.2, -0.15) is 0 Å². The molecule has 2 saturated carbocycles. The number of aliphatic hydroxyl groups is 1. The number of hydrogen-bond acceptors (Lipinski definition) is 7. The van der Waals surface area contributed by atoms with Crippen molar-refractivity contribution in [2.24, 2.45) is 34.5 Å². The minimum Gasteiger partial charge on any atom is -0.493 e. The Balaban J connectivity index is 1.74. The first-order chi connectivity index (χ1) is 13.6. The van der Waals surface area contributed by atoms with Crippen LogP contribution in [0.2, 0.25) is 0 Å². The molecule has 2 heterocycles. The van der Waals surface area contributed by atoms with Gasteiger partial charge in [-0.3, -0.25) is 9.59 Å². The van der Waals surface area contributed by atoms with Gasteiger partial charge in [0.1, 0.15) is 19.0 Å². The minimum atomic E-state index is -1.25. The van der Waals surface area contributed by atoms with E-state index in [4.69, 9.17) is 18.9 Å². The Morgan fingerprint density at radius 3 is 2.62 bits per heavy atom. The van der Waals surface area contributed by atoms with Gasteiger partial charge in [0.05, 0.1) is 25.2 Å². The summed E-state index contributed by atoms with van der Waals surface area (Å²) in [5, 5.41) is 11.5. The van der Waals surface area contributed by atoms with Crippen LogP contribution in [0.3, 0.4) is 0 Å². The fourth-order valence-corrected chi connectivity index (χ4v) is 7.82. The second kappa shape index (κ2) is 5.83. The number of methoxy groups -OCH3 is 1. The number of esters is 1. The highest BCUT2D eigenvalue weighted by atomic mass is 16.7. The zero-order chi connectivity index (χ0) is 20.9. The first-order valence-corrected chi connectivity index (χ1v) is 10.5. The standard InChI is InChI=1S/C22H30O7/c1-10-6-12(26-5)18(24)20(2)11(10)7-14-21(3)13(8-15(23)29-14)22(4,25)19-16(17(20)21)27-9-28-19/h6,10-11,13-14,16-17,19,25H,7-9H2,1-5H3/t10-,11+,13?,14-,16+,17-,19-,20+,21-,22+/m1/s1. The second-order valence-corrected chi connectivity index (χ2v) is 10.2.